The van der Waals surface area contributed by atoms with Gasteiger partial charge in [-0.3, -0.25) is 4.79 Å². The van der Waals surface area contributed by atoms with Crippen LogP contribution >= 0.6 is 0 Å². The molecule has 1 amide bonds. The van der Waals surface area contributed by atoms with Gasteiger partial charge in [-0.05, 0) is 32.4 Å². The molecule has 100 valence electrons. The Morgan fingerprint density at radius 3 is 2.67 bits per heavy atom. The fourth-order valence-electron chi connectivity index (χ4n) is 1.76. The molecule has 0 aromatic carbocycles. The number of rotatable bonds is 7. The van der Waals surface area contributed by atoms with Crippen LogP contribution in [0.3, 0.4) is 0 Å². The molecule has 0 atom stereocenters. The maximum absolute atomic E-state index is 11.9. The Hall–Kier alpha value is -1.58. The predicted octanol–water partition coefficient (Wildman–Crippen LogP) is 2.46. The summed E-state index contributed by atoms with van der Waals surface area (Å²) in [5.74, 6) is 0.849. The Morgan fingerprint density at radius 1 is 1.33 bits per heavy atom. The molecule has 4 nitrogen and oxygen atoms in total. The van der Waals surface area contributed by atoms with Gasteiger partial charge >= 0.3 is 0 Å². The van der Waals surface area contributed by atoms with Gasteiger partial charge in [0.1, 0.15) is 5.82 Å². The molecule has 0 spiro atoms. The quantitative estimate of drug-likeness (QED) is 0.755. The van der Waals surface area contributed by atoms with Crippen molar-refractivity contribution in [2.24, 2.45) is 0 Å². The van der Waals surface area contributed by atoms with E-state index >= 15 is 0 Å². The van der Waals surface area contributed by atoms with E-state index in [-0.39, 0.29) is 5.91 Å². The maximum atomic E-state index is 11.9. The summed E-state index contributed by atoms with van der Waals surface area (Å²) < 4.78 is 0. The van der Waals surface area contributed by atoms with E-state index < -0.39 is 0 Å². The van der Waals surface area contributed by atoms with E-state index in [0.717, 1.165) is 38.3 Å². The van der Waals surface area contributed by atoms with Crippen molar-refractivity contribution in [2.75, 3.05) is 24.5 Å². The zero-order valence-corrected chi connectivity index (χ0v) is 11.6. The van der Waals surface area contributed by atoms with Crippen molar-refractivity contribution in [2.45, 2.75) is 33.6 Å². The van der Waals surface area contributed by atoms with Crippen LogP contribution in [0.25, 0.3) is 0 Å². The van der Waals surface area contributed by atoms with Crippen molar-refractivity contribution in [3.63, 3.8) is 0 Å². The van der Waals surface area contributed by atoms with Crippen molar-refractivity contribution in [3.05, 3.63) is 23.9 Å². The lowest BCUT2D eigenvalue weighted by Gasteiger charge is -2.19. The molecule has 4 heteroatoms. The van der Waals surface area contributed by atoms with Crippen LogP contribution in [0.5, 0.6) is 0 Å². The van der Waals surface area contributed by atoms with Crippen molar-refractivity contribution >= 4 is 11.7 Å². The minimum absolute atomic E-state index is 0.0146. The molecule has 0 saturated heterocycles. The number of amides is 1. The van der Waals surface area contributed by atoms with Crippen LogP contribution in [0.1, 0.15) is 44.0 Å². The highest BCUT2D eigenvalue weighted by molar-refractivity contribution is 5.94. The van der Waals surface area contributed by atoms with Crippen molar-refractivity contribution < 1.29 is 4.79 Å². The number of unbranched alkanes of at least 4 members (excludes halogenated alkanes) is 1. The van der Waals surface area contributed by atoms with Crippen LogP contribution < -0.4 is 10.2 Å². The van der Waals surface area contributed by atoms with Gasteiger partial charge in [0.25, 0.3) is 5.91 Å². The summed E-state index contributed by atoms with van der Waals surface area (Å²) in [7, 11) is 0. The Kier molecular flexibility index (Phi) is 6.19. The first kappa shape index (κ1) is 14.5. The van der Waals surface area contributed by atoms with Gasteiger partial charge in [0, 0.05) is 31.4 Å². The molecule has 0 aliphatic heterocycles. The minimum Gasteiger partial charge on any atom is -0.357 e. The second-order valence-corrected chi connectivity index (χ2v) is 4.18. The second-order valence-electron chi connectivity index (χ2n) is 4.18. The fourth-order valence-corrected chi connectivity index (χ4v) is 1.76. The Bertz CT molecular complexity index is 375. The normalized spacial score (nSPS) is 10.2. The van der Waals surface area contributed by atoms with Gasteiger partial charge in [0.05, 0.1) is 0 Å². The standard InChI is InChI=1S/C14H23N3O/c1-4-7-9-16-14(18)12-8-10-15-13(11-12)17(5-2)6-3/h8,10-11H,4-7,9H2,1-3H3,(H,16,18). The summed E-state index contributed by atoms with van der Waals surface area (Å²) >= 11 is 0. The first-order valence-corrected chi connectivity index (χ1v) is 6.72. The van der Waals surface area contributed by atoms with Crippen LogP contribution in [-0.4, -0.2) is 30.5 Å². The highest BCUT2D eigenvalue weighted by Gasteiger charge is 2.08. The SMILES string of the molecule is CCCCNC(=O)c1ccnc(N(CC)CC)c1. The molecular formula is C14H23N3O. The third kappa shape index (κ3) is 4.02. The van der Waals surface area contributed by atoms with E-state index in [4.69, 9.17) is 0 Å². The largest absolute Gasteiger partial charge is 0.357 e. The van der Waals surface area contributed by atoms with Gasteiger partial charge in [-0.2, -0.15) is 0 Å². The van der Waals surface area contributed by atoms with Gasteiger partial charge in [-0.15, -0.1) is 0 Å². The zero-order chi connectivity index (χ0) is 13.4. The number of hydrogen-bond donors (Lipinski definition) is 1. The van der Waals surface area contributed by atoms with Gasteiger partial charge in [0.15, 0.2) is 0 Å². The summed E-state index contributed by atoms with van der Waals surface area (Å²) in [4.78, 5) is 18.3. The molecule has 1 rings (SSSR count). The van der Waals surface area contributed by atoms with E-state index in [1.54, 1.807) is 12.3 Å². The lowest BCUT2D eigenvalue weighted by atomic mass is 10.2. The summed E-state index contributed by atoms with van der Waals surface area (Å²) in [6.07, 6.45) is 3.80. The number of nitrogens with one attached hydrogen (secondary N) is 1. The van der Waals surface area contributed by atoms with Gasteiger partial charge in [-0.1, -0.05) is 13.3 Å². The molecule has 1 aromatic heterocycles. The van der Waals surface area contributed by atoms with Crippen LogP contribution in [0.2, 0.25) is 0 Å². The lowest BCUT2D eigenvalue weighted by molar-refractivity contribution is 0.0953. The Morgan fingerprint density at radius 2 is 2.06 bits per heavy atom. The molecule has 1 heterocycles. The molecule has 0 fully saturated rings. The van der Waals surface area contributed by atoms with E-state index in [2.05, 4.69) is 36.0 Å². The van der Waals surface area contributed by atoms with Gasteiger partial charge < -0.3 is 10.2 Å². The van der Waals surface area contributed by atoms with Crippen molar-refractivity contribution in [1.29, 1.82) is 0 Å². The molecule has 0 aliphatic carbocycles. The monoisotopic (exact) mass is 249 g/mol. The maximum Gasteiger partial charge on any atom is 0.251 e. The average Bonchev–Trinajstić information content (AvgIpc) is 2.41. The number of pyridine rings is 1. The van der Waals surface area contributed by atoms with Gasteiger partial charge in [0.2, 0.25) is 0 Å². The van der Waals surface area contributed by atoms with Gasteiger partial charge in [-0.25, -0.2) is 4.98 Å². The first-order chi connectivity index (χ1) is 8.72. The number of hydrogen-bond acceptors (Lipinski definition) is 3. The molecule has 1 aromatic rings. The highest BCUT2D eigenvalue weighted by Crippen LogP contribution is 2.12. The topological polar surface area (TPSA) is 45.2 Å². The first-order valence-electron chi connectivity index (χ1n) is 6.72. The minimum atomic E-state index is -0.0146. The summed E-state index contributed by atoms with van der Waals surface area (Å²) in [5.41, 5.74) is 0.683. The Balaban J connectivity index is 2.72. The van der Waals surface area contributed by atoms with Crippen LogP contribution in [0.4, 0.5) is 5.82 Å². The summed E-state index contributed by atoms with van der Waals surface area (Å²) in [6.45, 7) is 8.79. The molecule has 0 aliphatic rings. The third-order valence-electron chi connectivity index (χ3n) is 2.91. The number of nitrogens with zero attached hydrogens (tertiary/aromatic N) is 2. The molecule has 1 N–H and O–H groups in total. The van der Waals surface area contributed by atoms with Crippen LogP contribution in [-0.2, 0) is 0 Å². The molecule has 0 unspecified atom stereocenters. The lowest BCUT2D eigenvalue weighted by Crippen LogP contribution is -2.26. The van der Waals surface area contributed by atoms with E-state index in [9.17, 15) is 4.79 Å². The second kappa shape index (κ2) is 7.69. The van der Waals surface area contributed by atoms with Crippen LogP contribution in [0.15, 0.2) is 18.3 Å². The highest BCUT2D eigenvalue weighted by atomic mass is 16.1. The van der Waals surface area contributed by atoms with Crippen LogP contribution in [0, 0.1) is 0 Å². The third-order valence-corrected chi connectivity index (χ3v) is 2.91. The van der Waals surface area contributed by atoms with E-state index in [0.29, 0.717) is 5.56 Å². The molecule has 0 radical (unpaired) electrons. The Labute approximate surface area is 109 Å². The zero-order valence-electron chi connectivity index (χ0n) is 11.6. The smallest absolute Gasteiger partial charge is 0.251 e. The fraction of sp³-hybridized carbons (Fsp3) is 0.571. The average molecular weight is 249 g/mol. The van der Waals surface area contributed by atoms with Crippen molar-refractivity contribution in [3.8, 4) is 0 Å². The summed E-state index contributed by atoms with van der Waals surface area (Å²) in [5, 5.41) is 2.92. The van der Waals surface area contributed by atoms with Crippen molar-refractivity contribution in [1.82, 2.24) is 10.3 Å². The number of carbonyl (C=O) groups is 1. The van der Waals surface area contributed by atoms with E-state index in [1.807, 2.05) is 6.07 Å². The molecular weight excluding hydrogens is 226 g/mol. The number of carbonyl (C=O) groups excluding carboxylic acids is 1. The molecule has 0 bridgehead atoms. The predicted molar refractivity (Wildman–Crippen MR) is 75.0 cm³/mol. The number of anilines is 1. The van der Waals surface area contributed by atoms with E-state index in [1.165, 1.54) is 0 Å². The summed E-state index contributed by atoms with van der Waals surface area (Å²) in [6, 6.07) is 3.61. The molecule has 18 heavy (non-hydrogen) atoms. The molecule has 0 saturated carbocycles. The number of aromatic nitrogens is 1.